The third kappa shape index (κ3) is 3.93. The van der Waals surface area contributed by atoms with Crippen molar-refractivity contribution in [1.82, 2.24) is 4.90 Å². The topological polar surface area (TPSA) is 86.0 Å². The second kappa shape index (κ2) is 7.86. The Labute approximate surface area is 150 Å². The molecule has 2 aromatic rings. The Balaban J connectivity index is 1.54. The Morgan fingerprint density at radius 1 is 1.23 bits per heavy atom. The van der Waals surface area contributed by atoms with E-state index in [0.717, 1.165) is 0 Å². The molecular weight excluding hydrogens is 338 g/mol. The number of methoxy groups -OCH3 is 1. The zero-order valence-electron chi connectivity index (χ0n) is 14.3. The van der Waals surface area contributed by atoms with Crippen molar-refractivity contribution in [3.63, 3.8) is 0 Å². The van der Waals surface area contributed by atoms with E-state index in [1.165, 1.54) is 13.4 Å². The zero-order valence-corrected chi connectivity index (χ0v) is 14.3. The number of para-hydroxylation sites is 1. The summed E-state index contributed by atoms with van der Waals surface area (Å²) < 4.78 is 15.5. The van der Waals surface area contributed by atoms with Crippen molar-refractivity contribution in [3.05, 3.63) is 54.0 Å². The van der Waals surface area contributed by atoms with Gasteiger partial charge in [-0.1, -0.05) is 12.1 Å². The summed E-state index contributed by atoms with van der Waals surface area (Å²) in [6.45, 7) is 0.180. The normalized spacial score (nSPS) is 16.6. The van der Waals surface area contributed by atoms with Gasteiger partial charge in [0.1, 0.15) is 11.5 Å². The summed E-state index contributed by atoms with van der Waals surface area (Å²) in [4.78, 5) is 38.1. The van der Waals surface area contributed by atoms with Crippen molar-refractivity contribution < 1.29 is 28.3 Å². The molecule has 0 bridgehead atoms. The van der Waals surface area contributed by atoms with Crippen LogP contribution < -0.4 is 4.74 Å². The minimum Gasteiger partial charge on any atom is -0.496 e. The lowest BCUT2D eigenvalue weighted by Crippen LogP contribution is -2.27. The van der Waals surface area contributed by atoms with Crippen LogP contribution in [0.15, 0.2) is 47.1 Å². The minimum absolute atomic E-state index is 0.0718. The Kier molecular flexibility index (Phi) is 5.36. The molecule has 0 spiro atoms. The number of esters is 1. The van der Waals surface area contributed by atoms with Crippen LogP contribution in [0.3, 0.4) is 0 Å². The first-order valence-corrected chi connectivity index (χ1v) is 8.21. The SMILES string of the molecule is COc1ccccc1C(=O)COC(=O)[C@H]1CC(=O)N(Cc2ccco2)C1. The van der Waals surface area contributed by atoms with Crippen LogP contribution in [0.2, 0.25) is 0 Å². The molecule has 0 radical (unpaired) electrons. The maximum Gasteiger partial charge on any atom is 0.311 e. The van der Waals surface area contributed by atoms with Crippen LogP contribution in [0.25, 0.3) is 0 Å². The molecule has 1 atom stereocenters. The Hall–Kier alpha value is -3.09. The van der Waals surface area contributed by atoms with Crippen molar-refractivity contribution in [3.8, 4) is 5.75 Å². The average Bonchev–Trinajstić information content (AvgIpc) is 3.30. The van der Waals surface area contributed by atoms with E-state index in [1.807, 2.05) is 0 Å². The van der Waals surface area contributed by atoms with Gasteiger partial charge in [-0.2, -0.15) is 0 Å². The van der Waals surface area contributed by atoms with Crippen molar-refractivity contribution in [2.24, 2.45) is 5.92 Å². The first kappa shape index (κ1) is 17.7. The Bertz CT molecular complexity index is 798. The first-order valence-electron chi connectivity index (χ1n) is 8.21. The smallest absolute Gasteiger partial charge is 0.311 e. The van der Waals surface area contributed by atoms with Gasteiger partial charge in [0.15, 0.2) is 6.61 Å². The van der Waals surface area contributed by atoms with Gasteiger partial charge in [-0.15, -0.1) is 0 Å². The lowest BCUT2D eigenvalue weighted by atomic mass is 10.1. The van der Waals surface area contributed by atoms with Gasteiger partial charge in [-0.05, 0) is 24.3 Å². The summed E-state index contributed by atoms with van der Waals surface area (Å²) in [6.07, 6.45) is 1.60. The summed E-state index contributed by atoms with van der Waals surface area (Å²) in [5, 5.41) is 0. The predicted molar refractivity (Wildman–Crippen MR) is 90.5 cm³/mol. The van der Waals surface area contributed by atoms with Gasteiger partial charge in [-0.3, -0.25) is 14.4 Å². The number of likely N-dealkylation sites (tertiary alicyclic amines) is 1. The molecule has 1 saturated heterocycles. The molecule has 1 aromatic heterocycles. The third-order valence-electron chi connectivity index (χ3n) is 4.23. The predicted octanol–water partition coefficient (Wildman–Crippen LogP) is 2.06. The van der Waals surface area contributed by atoms with Crippen molar-refractivity contribution >= 4 is 17.7 Å². The number of nitrogens with zero attached hydrogens (tertiary/aromatic N) is 1. The molecule has 7 nitrogen and oxygen atoms in total. The fourth-order valence-electron chi connectivity index (χ4n) is 2.88. The van der Waals surface area contributed by atoms with Crippen LogP contribution >= 0.6 is 0 Å². The van der Waals surface area contributed by atoms with Gasteiger partial charge in [-0.25, -0.2) is 0 Å². The van der Waals surface area contributed by atoms with Gasteiger partial charge >= 0.3 is 5.97 Å². The fraction of sp³-hybridized carbons (Fsp3) is 0.316. The molecular formula is C19H19NO6. The number of benzene rings is 1. The number of hydrogen-bond donors (Lipinski definition) is 0. The number of amides is 1. The highest BCUT2D eigenvalue weighted by atomic mass is 16.5. The first-order chi connectivity index (χ1) is 12.6. The molecule has 1 fully saturated rings. The number of Topliss-reactive ketones (excluding diaryl/α,β-unsaturated/α-hetero) is 1. The molecule has 1 aromatic carbocycles. The summed E-state index contributed by atoms with van der Waals surface area (Å²) in [5.74, 6) is -0.550. The van der Waals surface area contributed by atoms with E-state index in [-0.39, 0.29) is 31.3 Å². The van der Waals surface area contributed by atoms with Crippen LogP contribution in [-0.4, -0.2) is 42.8 Å². The van der Waals surface area contributed by atoms with Crippen LogP contribution in [-0.2, 0) is 20.9 Å². The summed E-state index contributed by atoms with van der Waals surface area (Å²) in [6, 6.07) is 10.2. The lowest BCUT2D eigenvalue weighted by molar-refractivity contribution is -0.147. The standard InChI is InChI=1S/C19H19NO6/c1-24-17-7-3-2-6-15(17)16(21)12-26-19(23)13-9-18(22)20(10-13)11-14-5-4-8-25-14/h2-8,13H,9-12H2,1H3/t13-/m0/s1. The van der Waals surface area contributed by atoms with Gasteiger partial charge < -0.3 is 18.8 Å². The molecule has 0 aliphatic carbocycles. The van der Waals surface area contributed by atoms with Crippen molar-refractivity contribution in [1.29, 1.82) is 0 Å². The highest BCUT2D eigenvalue weighted by Gasteiger charge is 2.36. The molecule has 7 heteroatoms. The molecule has 136 valence electrons. The van der Waals surface area contributed by atoms with E-state index in [0.29, 0.717) is 23.6 Å². The van der Waals surface area contributed by atoms with E-state index in [2.05, 4.69) is 0 Å². The van der Waals surface area contributed by atoms with E-state index < -0.39 is 11.9 Å². The monoisotopic (exact) mass is 357 g/mol. The number of carbonyl (C=O) groups excluding carboxylic acids is 3. The third-order valence-corrected chi connectivity index (χ3v) is 4.23. The molecule has 0 unspecified atom stereocenters. The maximum atomic E-state index is 12.2. The van der Waals surface area contributed by atoms with E-state index >= 15 is 0 Å². The van der Waals surface area contributed by atoms with Crippen molar-refractivity contribution in [2.75, 3.05) is 20.3 Å². The number of furan rings is 1. The summed E-state index contributed by atoms with van der Waals surface area (Å²) >= 11 is 0. The molecule has 0 N–H and O–H groups in total. The second-order valence-electron chi connectivity index (χ2n) is 5.99. The van der Waals surface area contributed by atoms with Crippen LogP contribution in [0.1, 0.15) is 22.5 Å². The van der Waals surface area contributed by atoms with Crippen LogP contribution in [0.5, 0.6) is 5.75 Å². The highest BCUT2D eigenvalue weighted by Crippen LogP contribution is 2.22. The molecule has 1 amide bonds. The molecule has 2 heterocycles. The van der Waals surface area contributed by atoms with Crippen molar-refractivity contribution in [2.45, 2.75) is 13.0 Å². The van der Waals surface area contributed by atoms with E-state index in [1.54, 1.807) is 41.3 Å². The Morgan fingerprint density at radius 3 is 2.77 bits per heavy atom. The molecule has 1 aliphatic heterocycles. The Morgan fingerprint density at radius 2 is 2.04 bits per heavy atom. The molecule has 26 heavy (non-hydrogen) atoms. The maximum absolute atomic E-state index is 12.2. The molecule has 1 aliphatic rings. The number of rotatable bonds is 7. The van der Waals surface area contributed by atoms with Crippen LogP contribution in [0.4, 0.5) is 0 Å². The summed E-state index contributed by atoms with van der Waals surface area (Å²) in [7, 11) is 1.47. The number of carbonyl (C=O) groups is 3. The van der Waals surface area contributed by atoms with E-state index in [4.69, 9.17) is 13.9 Å². The number of ketones is 1. The van der Waals surface area contributed by atoms with Crippen LogP contribution in [0, 0.1) is 5.92 Å². The van der Waals surface area contributed by atoms with Gasteiger partial charge in [0.25, 0.3) is 0 Å². The molecule has 3 rings (SSSR count). The van der Waals surface area contributed by atoms with Gasteiger partial charge in [0.05, 0.1) is 31.4 Å². The van der Waals surface area contributed by atoms with Gasteiger partial charge in [0, 0.05) is 13.0 Å². The minimum atomic E-state index is -0.581. The second-order valence-corrected chi connectivity index (χ2v) is 5.99. The van der Waals surface area contributed by atoms with Gasteiger partial charge in [0.2, 0.25) is 11.7 Å². The number of ether oxygens (including phenoxy) is 2. The highest BCUT2D eigenvalue weighted by molar-refractivity contribution is 6.00. The molecule has 0 saturated carbocycles. The fourth-order valence-corrected chi connectivity index (χ4v) is 2.88. The number of hydrogen-bond acceptors (Lipinski definition) is 6. The average molecular weight is 357 g/mol. The zero-order chi connectivity index (χ0) is 18.5. The quantitative estimate of drug-likeness (QED) is 0.557. The van der Waals surface area contributed by atoms with E-state index in [9.17, 15) is 14.4 Å². The lowest BCUT2D eigenvalue weighted by Gasteiger charge is -2.14. The summed E-state index contributed by atoms with van der Waals surface area (Å²) in [5.41, 5.74) is 0.352. The largest absolute Gasteiger partial charge is 0.496 e.